The lowest BCUT2D eigenvalue weighted by atomic mass is 9.72. The average Bonchev–Trinajstić information content (AvgIpc) is 2.82. The second-order valence-corrected chi connectivity index (χ2v) is 6.29. The maximum Gasteiger partial charge on any atom is 0.0590 e. The molecule has 5 atom stereocenters. The van der Waals surface area contributed by atoms with Crippen LogP contribution in [0.2, 0.25) is 0 Å². The second kappa shape index (κ2) is 6.19. The summed E-state index contributed by atoms with van der Waals surface area (Å²) in [6, 6.07) is 0.674. The Hall–Kier alpha value is -0.0800. The molecule has 2 aliphatic rings. The first-order chi connectivity index (χ1) is 8.20. The van der Waals surface area contributed by atoms with Crippen LogP contribution in [0, 0.1) is 17.8 Å². The Morgan fingerprint density at radius 2 is 2.00 bits per heavy atom. The normalized spacial score (nSPS) is 40.4. The van der Waals surface area contributed by atoms with E-state index in [-0.39, 0.29) is 0 Å². The second-order valence-electron chi connectivity index (χ2n) is 6.29. The highest BCUT2D eigenvalue weighted by atomic mass is 16.5. The molecule has 0 radical (unpaired) electrons. The Bertz CT molecular complexity index is 225. The molecule has 1 saturated heterocycles. The van der Waals surface area contributed by atoms with Gasteiger partial charge in [-0.1, -0.05) is 20.3 Å². The van der Waals surface area contributed by atoms with E-state index in [9.17, 15) is 0 Å². The summed E-state index contributed by atoms with van der Waals surface area (Å²) >= 11 is 0. The lowest BCUT2D eigenvalue weighted by molar-refractivity contribution is 0.0767. The zero-order valence-corrected chi connectivity index (χ0v) is 11.7. The van der Waals surface area contributed by atoms with Gasteiger partial charge in [-0.15, -0.1) is 0 Å². The van der Waals surface area contributed by atoms with Crippen LogP contribution >= 0.6 is 0 Å². The Labute approximate surface area is 107 Å². The van der Waals surface area contributed by atoms with Crippen LogP contribution in [0.15, 0.2) is 0 Å². The number of ether oxygens (including phenoxy) is 1. The van der Waals surface area contributed by atoms with Gasteiger partial charge in [0.05, 0.1) is 6.10 Å². The summed E-state index contributed by atoms with van der Waals surface area (Å²) in [6.07, 6.45) is 8.51. The van der Waals surface area contributed by atoms with Crippen molar-refractivity contribution in [2.45, 2.75) is 64.5 Å². The van der Waals surface area contributed by atoms with E-state index in [1.165, 1.54) is 38.5 Å². The molecular formula is C15H29NO. The van der Waals surface area contributed by atoms with E-state index < -0.39 is 0 Å². The minimum atomic E-state index is 0.530. The molecule has 2 rings (SSSR count). The summed E-state index contributed by atoms with van der Waals surface area (Å²) < 4.78 is 5.78. The fourth-order valence-electron chi connectivity index (χ4n) is 3.61. The van der Waals surface area contributed by atoms with Crippen LogP contribution in [0.3, 0.4) is 0 Å². The van der Waals surface area contributed by atoms with Crippen LogP contribution < -0.4 is 5.32 Å². The topological polar surface area (TPSA) is 21.3 Å². The molecule has 0 amide bonds. The highest BCUT2D eigenvalue weighted by Gasteiger charge is 2.31. The summed E-state index contributed by atoms with van der Waals surface area (Å²) in [6.45, 7) is 5.82. The van der Waals surface area contributed by atoms with Crippen molar-refractivity contribution in [3.05, 3.63) is 0 Å². The summed E-state index contributed by atoms with van der Waals surface area (Å²) in [5.74, 6) is 2.69. The molecule has 0 aromatic rings. The van der Waals surface area contributed by atoms with E-state index in [0.29, 0.717) is 12.1 Å². The highest BCUT2D eigenvalue weighted by Crippen LogP contribution is 2.36. The molecule has 0 aromatic heterocycles. The van der Waals surface area contributed by atoms with Crippen LogP contribution in [0.5, 0.6) is 0 Å². The third kappa shape index (κ3) is 3.45. The van der Waals surface area contributed by atoms with Gasteiger partial charge in [0.25, 0.3) is 0 Å². The fourth-order valence-corrected chi connectivity index (χ4v) is 3.61. The molecule has 0 spiro atoms. The SMILES string of the molecule is CNC(CC1CCCO1)C1CCC(C)C(C)C1. The van der Waals surface area contributed by atoms with Crippen molar-refractivity contribution < 1.29 is 4.74 Å². The first-order valence-corrected chi connectivity index (χ1v) is 7.49. The molecule has 1 heterocycles. The van der Waals surface area contributed by atoms with E-state index >= 15 is 0 Å². The van der Waals surface area contributed by atoms with E-state index in [1.807, 2.05) is 0 Å². The predicted molar refractivity (Wildman–Crippen MR) is 72.1 cm³/mol. The monoisotopic (exact) mass is 239 g/mol. The lowest BCUT2D eigenvalue weighted by Crippen LogP contribution is -2.40. The summed E-state index contributed by atoms with van der Waals surface area (Å²) in [4.78, 5) is 0. The number of rotatable bonds is 4. The van der Waals surface area contributed by atoms with E-state index in [2.05, 4.69) is 26.2 Å². The first kappa shape index (κ1) is 13.4. The predicted octanol–water partition coefficient (Wildman–Crippen LogP) is 3.22. The van der Waals surface area contributed by atoms with Crippen molar-refractivity contribution in [3.8, 4) is 0 Å². The molecule has 5 unspecified atom stereocenters. The molecular weight excluding hydrogens is 210 g/mol. The maximum atomic E-state index is 5.78. The van der Waals surface area contributed by atoms with E-state index in [4.69, 9.17) is 4.74 Å². The molecule has 2 fully saturated rings. The molecule has 1 saturated carbocycles. The van der Waals surface area contributed by atoms with Gasteiger partial charge < -0.3 is 10.1 Å². The first-order valence-electron chi connectivity index (χ1n) is 7.49. The van der Waals surface area contributed by atoms with E-state index in [1.54, 1.807) is 0 Å². The molecule has 2 nitrogen and oxygen atoms in total. The Morgan fingerprint density at radius 1 is 1.18 bits per heavy atom. The lowest BCUT2D eigenvalue weighted by Gasteiger charge is -2.37. The van der Waals surface area contributed by atoms with Gasteiger partial charge in [-0.05, 0) is 56.9 Å². The molecule has 2 heteroatoms. The van der Waals surface area contributed by atoms with Gasteiger partial charge in [-0.3, -0.25) is 0 Å². The summed E-state index contributed by atoms with van der Waals surface area (Å²) in [5.41, 5.74) is 0. The van der Waals surface area contributed by atoms with Gasteiger partial charge in [0, 0.05) is 12.6 Å². The van der Waals surface area contributed by atoms with Crippen molar-refractivity contribution >= 4 is 0 Å². The van der Waals surface area contributed by atoms with Gasteiger partial charge in [-0.2, -0.15) is 0 Å². The Balaban J connectivity index is 1.84. The Kier molecular flexibility index (Phi) is 4.87. The van der Waals surface area contributed by atoms with Crippen molar-refractivity contribution in [2.75, 3.05) is 13.7 Å². The minimum Gasteiger partial charge on any atom is -0.378 e. The number of hydrogen-bond acceptors (Lipinski definition) is 2. The number of hydrogen-bond donors (Lipinski definition) is 1. The fraction of sp³-hybridized carbons (Fsp3) is 1.00. The molecule has 17 heavy (non-hydrogen) atoms. The zero-order chi connectivity index (χ0) is 12.3. The van der Waals surface area contributed by atoms with Crippen LogP contribution in [0.25, 0.3) is 0 Å². The van der Waals surface area contributed by atoms with Crippen LogP contribution in [-0.2, 0) is 4.74 Å². The molecule has 0 aromatic carbocycles. The molecule has 100 valence electrons. The smallest absolute Gasteiger partial charge is 0.0590 e. The standard InChI is InChI=1S/C15H29NO/c1-11-6-7-13(9-12(11)2)15(16-3)10-14-5-4-8-17-14/h11-16H,4-10H2,1-3H3. The minimum absolute atomic E-state index is 0.530. The Morgan fingerprint density at radius 3 is 2.59 bits per heavy atom. The molecule has 1 N–H and O–H groups in total. The largest absolute Gasteiger partial charge is 0.378 e. The van der Waals surface area contributed by atoms with Crippen molar-refractivity contribution in [2.24, 2.45) is 17.8 Å². The van der Waals surface area contributed by atoms with Gasteiger partial charge in [0.15, 0.2) is 0 Å². The van der Waals surface area contributed by atoms with Crippen LogP contribution in [0.1, 0.15) is 52.4 Å². The molecule has 0 bridgehead atoms. The zero-order valence-electron chi connectivity index (χ0n) is 11.7. The number of nitrogens with one attached hydrogen (secondary N) is 1. The van der Waals surface area contributed by atoms with Gasteiger partial charge >= 0.3 is 0 Å². The summed E-state index contributed by atoms with van der Waals surface area (Å²) in [5, 5.41) is 3.55. The van der Waals surface area contributed by atoms with Gasteiger partial charge in [0.1, 0.15) is 0 Å². The molecule has 1 aliphatic heterocycles. The van der Waals surface area contributed by atoms with Crippen LogP contribution in [0.4, 0.5) is 0 Å². The highest BCUT2D eigenvalue weighted by molar-refractivity contribution is 4.85. The van der Waals surface area contributed by atoms with Crippen LogP contribution in [-0.4, -0.2) is 25.8 Å². The van der Waals surface area contributed by atoms with Crippen molar-refractivity contribution in [1.82, 2.24) is 5.32 Å². The third-order valence-electron chi connectivity index (χ3n) is 5.12. The molecule has 1 aliphatic carbocycles. The summed E-state index contributed by atoms with van der Waals surface area (Å²) in [7, 11) is 2.13. The quantitative estimate of drug-likeness (QED) is 0.813. The van der Waals surface area contributed by atoms with Crippen molar-refractivity contribution in [1.29, 1.82) is 0 Å². The van der Waals surface area contributed by atoms with Gasteiger partial charge in [0.2, 0.25) is 0 Å². The van der Waals surface area contributed by atoms with Crippen molar-refractivity contribution in [3.63, 3.8) is 0 Å². The average molecular weight is 239 g/mol. The maximum absolute atomic E-state index is 5.78. The van der Waals surface area contributed by atoms with Gasteiger partial charge in [-0.25, -0.2) is 0 Å². The third-order valence-corrected chi connectivity index (χ3v) is 5.12. The van der Waals surface area contributed by atoms with E-state index in [0.717, 1.165) is 24.4 Å².